The van der Waals surface area contributed by atoms with Gasteiger partial charge < -0.3 is 15.0 Å². The molecule has 246 valence electrons. The Morgan fingerprint density at radius 2 is 1.90 bits per heavy atom. The summed E-state index contributed by atoms with van der Waals surface area (Å²) in [7, 11) is 0. The van der Waals surface area contributed by atoms with Crippen molar-refractivity contribution in [2.75, 3.05) is 31.6 Å². The lowest BCUT2D eigenvalue weighted by Crippen LogP contribution is -2.25. The monoisotopic (exact) mass is 645 g/mol. The molecule has 0 atom stereocenters. The van der Waals surface area contributed by atoms with E-state index in [0.717, 1.165) is 94.9 Å². The van der Waals surface area contributed by atoms with E-state index >= 15 is 0 Å². The molecule has 7 rings (SSSR count). The van der Waals surface area contributed by atoms with Gasteiger partial charge in [0.05, 0.1) is 34.6 Å². The fourth-order valence-electron chi connectivity index (χ4n) is 6.54. The first-order valence-electron chi connectivity index (χ1n) is 16.9. The van der Waals surface area contributed by atoms with Gasteiger partial charge in [-0.25, -0.2) is 4.39 Å². The van der Waals surface area contributed by atoms with Crippen molar-refractivity contribution < 1.29 is 13.9 Å². The molecule has 1 aromatic carbocycles. The first-order valence-corrected chi connectivity index (χ1v) is 16.9. The summed E-state index contributed by atoms with van der Waals surface area (Å²) in [5.74, 6) is 0.180. The Labute approximate surface area is 278 Å². The number of likely N-dealkylation sites (tertiary alicyclic amines) is 1. The van der Waals surface area contributed by atoms with E-state index in [1.807, 2.05) is 24.4 Å². The van der Waals surface area contributed by atoms with Crippen LogP contribution < -0.4 is 20.6 Å². The Balaban J connectivity index is 1.14. The topological polar surface area (TPSA) is 112 Å². The molecule has 4 aromatic heterocycles. The average molecular weight is 646 g/mol. The SMILES string of the molecule is CCCCC(=O)Nc1cncc(/C2=C/C=c3/[nH]nc(-c4cc5c(-c6cc(F)cc(OCCN7CCCC7)c6)cncc5[nH]4)/c3=C\CC2)c1. The minimum atomic E-state index is -0.345. The van der Waals surface area contributed by atoms with Crippen LogP contribution in [-0.2, 0) is 4.79 Å². The molecule has 1 aliphatic carbocycles. The van der Waals surface area contributed by atoms with E-state index in [1.165, 1.54) is 25.0 Å². The highest BCUT2D eigenvalue weighted by molar-refractivity contribution is 5.97. The van der Waals surface area contributed by atoms with Crippen LogP contribution in [0.2, 0.25) is 0 Å². The fourth-order valence-corrected chi connectivity index (χ4v) is 6.54. The molecule has 48 heavy (non-hydrogen) atoms. The van der Waals surface area contributed by atoms with Crippen molar-refractivity contribution in [3.05, 3.63) is 83.1 Å². The van der Waals surface area contributed by atoms with Crippen LogP contribution in [0.5, 0.6) is 5.75 Å². The Kier molecular flexibility index (Phi) is 9.42. The van der Waals surface area contributed by atoms with Gasteiger partial charge in [0, 0.05) is 47.6 Å². The standard InChI is InChI=1S/C38H40FN7O2/c1-2-3-9-37(47)42-29-17-27(21-40-22-29)25-7-6-8-31-34(11-10-25)44-45-38(31)35-20-32-33(23-41-24-36(32)43-35)26-16-28(39)19-30(18-26)48-15-14-46-12-4-5-13-46/h8,10-11,16-24,43-44H,2-7,9,12-15H2,1H3,(H,42,47)/b25-10+,31-8-,34-11+. The third kappa shape index (κ3) is 7.08. The molecule has 5 heterocycles. The van der Waals surface area contributed by atoms with Crippen LogP contribution in [0.15, 0.2) is 61.2 Å². The summed E-state index contributed by atoms with van der Waals surface area (Å²) in [6.07, 6.45) is 19.8. The van der Waals surface area contributed by atoms with Crippen LogP contribution >= 0.6 is 0 Å². The fraction of sp³-hybridized carbons (Fsp3) is 0.316. The number of rotatable bonds is 11. The highest BCUT2D eigenvalue weighted by Gasteiger charge is 2.16. The van der Waals surface area contributed by atoms with Gasteiger partial charge in [0.25, 0.3) is 0 Å². The van der Waals surface area contributed by atoms with E-state index in [2.05, 4.69) is 55.4 Å². The molecule has 2 aliphatic rings. The minimum Gasteiger partial charge on any atom is -0.492 e. The Morgan fingerprint density at radius 3 is 2.77 bits per heavy atom. The summed E-state index contributed by atoms with van der Waals surface area (Å²) in [6, 6.07) is 8.89. The van der Waals surface area contributed by atoms with Crippen molar-refractivity contribution >= 4 is 40.2 Å². The number of anilines is 1. The van der Waals surface area contributed by atoms with Gasteiger partial charge in [-0.1, -0.05) is 25.5 Å². The van der Waals surface area contributed by atoms with Gasteiger partial charge in [0.1, 0.15) is 23.9 Å². The van der Waals surface area contributed by atoms with Crippen molar-refractivity contribution in [1.29, 1.82) is 0 Å². The summed E-state index contributed by atoms with van der Waals surface area (Å²) < 4.78 is 20.8. The predicted octanol–water partition coefficient (Wildman–Crippen LogP) is 6.20. The number of hydrogen-bond acceptors (Lipinski definition) is 6. The Morgan fingerprint density at radius 1 is 1.02 bits per heavy atom. The second-order valence-electron chi connectivity index (χ2n) is 12.5. The molecule has 1 fully saturated rings. The Bertz CT molecular complexity index is 2090. The summed E-state index contributed by atoms with van der Waals surface area (Å²) >= 11 is 0. The lowest BCUT2D eigenvalue weighted by atomic mass is 9.99. The van der Waals surface area contributed by atoms with Gasteiger partial charge in [-0.05, 0) is 92.2 Å². The minimum absolute atomic E-state index is 0.00910. The lowest BCUT2D eigenvalue weighted by Gasteiger charge is -2.15. The van der Waals surface area contributed by atoms with Gasteiger partial charge in [-0.15, -0.1) is 0 Å². The van der Waals surface area contributed by atoms with Crippen LogP contribution in [0.1, 0.15) is 57.4 Å². The molecular weight excluding hydrogens is 605 g/mol. The lowest BCUT2D eigenvalue weighted by molar-refractivity contribution is -0.116. The number of H-pyrrole nitrogens is 2. The molecule has 1 saturated heterocycles. The number of nitrogens with zero attached hydrogens (tertiary/aromatic N) is 4. The predicted molar refractivity (Wildman–Crippen MR) is 188 cm³/mol. The smallest absolute Gasteiger partial charge is 0.224 e. The van der Waals surface area contributed by atoms with Crippen molar-refractivity contribution in [3.8, 4) is 28.3 Å². The Hall–Kier alpha value is -5.09. The molecule has 0 bridgehead atoms. The molecule has 0 spiro atoms. The van der Waals surface area contributed by atoms with Crippen LogP contribution in [0.25, 0.3) is 51.1 Å². The van der Waals surface area contributed by atoms with Crippen molar-refractivity contribution in [2.24, 2.45) is 0 Å². The molecule has 0 radical (unpaired) electrons. The maximum Gasteiger partial charge on any atom is 0.224 e. The number of pyridine rings is 2. The third-order valence-corrected chi connectivity index (χ3v) is 9.05. The maximum atomic E-state index is 14.8. The molecule has 1 aliphatic heterocycles. The molecule has 5 aromatic rings. The maximum absolute atomic E-state index is 14.8. The van der Waals surface area contributed by atoms with Crippen molar-refractivity contribution in [3.63, 3.8) is 0 Å². The number of benzene rings is 1. The number of hydrogen-bond donors (Lipinski definition) is 3. The first kappa shape index (κ1) is 31.5. The number of aromatic amines is 2. The van der Waals surface area contributed by atoms with Crippen molar-refractivity contribution in [1.82, 2.24) is 30.0 Å². The number of ether oxygens (including phenoxy) is 1. The highest BCUT2D eigenvalue weighted by Crippen LogP contribution is 2.33. The number of unbranched alkanes of at least 4 members (excludes halogenated alkanes) is 1. The number of fused-ring (bicyclic) bond motifs is 2. The zero-order chi connectivity index (χ0) is 32.9. The van der Waals surface area contributed by atoms with Crippen molar-refractivity contribution in [2.45, 2.75) is 51.9 Å². The molecule has 1 amide bonds. The van der Waals surface area contributed by atoms with Crippen LogP contribution in [0, 0.1) is 5.82 Å². The number of carbonyl (C=O) groups is 1. The summed E-state index contributed by atoms with van der Waals surface area (Å²) in [4.78, 5) is 27.0. The molecule has 0 saturated carbocycles. The van der Waals surface area contributed by atoms with E-state index in [0.29, 0.717) is 30.0 Å². The second-order valence-corrected chi connectivity index (χ2v) is 12.5. The summed E-state index contributed by atoms with van der Waals surface area (Å²) in [6.45, 7) is 5.63. The zero-order valence-corrected chi connectivity index (χ0v) is 27.2. The van der Waals surface area contributed by atoms with Crippen LogP contribution in [0.4, 0.5) is 10.1 Å². The summed E-state index contributed by atoms with van der Waals surface area (Å²) in [5, 5.41) is 13.7. The van der Waals surface area contributed by atoms with Gasteiger partial charge in [0.2, 0.25) is 5.91 Å². The number of carbonyl (C=O) groups excluding carboxylic acids is 1. The third-order valence-electron chi connectivity index (χ3n) is 9.05. The average Bonchev–Trinajstić information content (AvgIpc) is 3.84. The molecule has 9 nitrogen and oxygen atoms in total. The number of allylic oxidation sites excluding steroid dienone is 2. The van der Waals surface area contributed by atoms with E-state index in [4.69, 9.17) is 9.84 Å². The van der Waals surface area contributed by atoms with E-state index in [9.17, 15) is 9.18 Å². The normalized spacial score (nSPS) is 17.3. The number of nitrogens with one attached hydrogen (secondary N) is 3. The molecule has 10 heteroatoms. The quantitative estimate of drug-likeness (QED) is 0.158. The van der Waals surface area contributed by atoms with Gasteiger partial charge in [-0.3, -0.25) is 24.8 Å². The van der Waals surface area contributed by atoms with E-state index in [-0.39, 0.29) is 11.7 Å². The van der Waals surface area contributed by atoms with E-state index in [1.54, 1.807) is 18.6 Å². The van der Waals surface area contributed by atoms with Gasteiger partial charge in [-0.2, -0.15) is 5.10 Å². The van der Waals surface area contributed by atoms with Crippen LogP contribution in [-0.4, -0.2) is 62.2 Å². The number of halogens is 1. The molecular formula is C38H40FN7O2. The molecule has 3 N–H and O–H groups in total. The number of aromatic nitrogens is 5. The van der Waals surface area contributed by atoms with E-state index < -0.39 is 0 Å². The first-order chi connectivity index (χ1) is 23.5. The number of amides is 1. The van der Waals surface area contributed by atoms with Gasteiger partial charge >= 0.3 is 0 Å². The highest BCUT2D eigenvalue weighted by atomic mass is 19.1. The van der Waals surface area contributed by atoms with Gasteiger partial charge in [0.15, 0.2) is 0 Å². The zero-order valence-electron chi connectivity index (χ0n) is 27.2. The molecule has 0 unspecified atom stereocenters. The summed E-state index contributed by atoms with van der Waals surface area (Å²) in [5.41, 5.74) is 6.83. The largest absolute Gasteiger partial charge is 0.492 e. The van der Waals surface area contributed by atoms with Crippen LogP contribution in [0.3, 0.4) is 0 Å². The second kappa shape index (κ2) is 14.4.